The fourth-order valence-corrected chi connectivity index (χ4v) is 3.09. The third-order valence-corrected chi connectivity index (χ3v) is 4.65. The first kappa shape index (κ1) is 18.5. The Hall–Kier alpha value is -3.28. The van der Waals surface area contributed by atoms with Crippen LogP contribution in [0, 0.1) is 20.8 Å². The number of hydrogen-bond donors (Lipinski definition) is 1. The summed E-state index contributed by atoms with van der Waals surface area (Å²) >= 11 is 0. The Morgan fingerprint density at radius 2 is 1.63 bits per heavy atom. The van der Waals surface area contributed by atoms with E-state index in [1.54, 1.807) is 31.3 Å². The van der Waals surface area contributed by atoms with Crippen molar-refractivity contribution in [2.24, 2.45) is 0 Å². The molecule has 6 heteroatoms. The Balaban J connectivity index is 1.85. The van der Waals surface area contributed by atoms with Crippen LogP contribution in [0.2, 0.25) is 0 Å². The number of carbonyl (C=O) groups excluding carboxylic acids is 2. The average molecular weight is 366 g/mol. The largest absolute Gasteiger partial charge is 0.452 e. The molecule has 0 saturated heterocycles. The number of furan rings is 1. The predicted molar refractivity (Wildman–Crippen MR) is 106 cm³/mol. The molecule has 2 amide bonds. The van der Waals surface area contributed by atoms with Crippen molar-refractivity contribution in [3.05, 3.63) is 58.8 Å². The average Bonchev–Trinajstić information content (AvgIpc) is 3.03. The van der Waals surface area contributed by atoms with Crippen LogP contribution in [0.25, 0.3) is 11.0 Å². The molecule has 3 rings (SSSR count). The summed E-state index contributed by atoms with van der Waals surface area (Å²) < 4.78 is 10.6. The number of anilines is 2. The molecule has 1 heterocycles. The minimum atomic E-state index is -0.463. The zero-order valence-electron chi connectivity index (χ0n) is 16.0. The van der Waals surface area contributed by atoms with Crippen LogP contribution in [-0.4, -0.2) is 26.2 Å². The quantitative estimate of drug-likeness (QED) is 0.722. The third kappa shape index (κ3) is 3.38. The van der Waals surface area contributed by atoms with Gasteiger partial charge in [0.05, 0.1) is 7.11 Å². The Kier molecular flexibility index (Phi) is 4.90. The molecule has 27 heavy (non-hydrogen) atoms. The first-order valence-corrected chi connectivity index (χ1v) is 8.56. The number of carbonyl (C=O) groups is 2. The van der Waals surface area contributed by atoms with Crippen LogP contribution < -0.4 is 10.2 Å². The van der Waals surface area contributed by atoms with E-state index in [2.05, 4.69) is 10.1 Å². The number of ether oxygens (including phenoxy) is 1. The van der Waals surface area contributed by atoms with Crippen molar-refractivity contribution in [1.82, 2.24) is 0 Å². The highest BCUT2D eigenvalue weighted by atomic mass is 16.5. The van der Waals surface area contributed by atoms with Crippen molar-refractivity contribution in [1.29, 1.82) is 0 Å². The van der Waals surface area contributed by atoms with Crippen LogP contribution in [0.4, 0.5) is 16.2 Å². The second-order valence-electron chi connectivity index (χ2n) is 6.49. The van der Waals surface area contributed by atoms with Crippen LogP contribution in [0.5, 0.6) is 0 Å². The second kappa shape index (κ2) is 7.15. The van der Waals surface area contributed by atoms with Crippen molar-refractivity contribution in [2.45, 2.75) is 20.8 Å². The van der Waals surface area contributed by atoms with Crippen molar-refractivity contribution in [3.8, 4) is 0 Å². The molecule has 0 bridgehead atoms. The number of aryl methyl sites for hydroxylation is 3. The lowest BCUT2D eigenvalue weighted by molar-refractivity contribution is 0.0998. The molecule has 0 aliphatic carbocycles. The van der Waals surface area contributed by atoms with Crippen LogP contribution in [-0.2, 0) is 4.74 Å². The van der Waals surface area contributed by atoms with Crippen LogP contribution in [0.3, 0.4) is 0 Å². The normalized spacial score (nSPS) is 10.7. The number of fused-ring (bicyclic) bond motifs is 1. The van der Waals surface area contributed by atoms with Gasteiger partial charge in [-0.05, 0) is 56.2 Å². The summed E-state index contributed by atoms with van der Waals surface area (Å²) in [7, 11) is 2.94. The van der Waals surface area contributed by atoms with Gasteiger partial charge in [-0.25, -0.2) is 4.79 Å². The number of rotatable bonds is 3. The minimum absolute atomic E-state index is 0.304. The van der Waals surface area contributed by atoms with Crippen molar-refractivity contribution < 1.29 is 18.7 Å². The lowest BCUT2D eigenvalue weighted by Crippen LogP contribution is -2.25. The predicted octanol–water partition coefficient (Wildman–Crippen LogP) is 4.81. The number of methoxy groups -OCH3 is 1. The van der Waals surface area contributed by atoms with Gasteiger partial charge in [0.2, 0.25) is 0 Å². The van der Waals surface area contributed by atoms with Gasteiger partial charge in [-0.3, -0.25) is 9.69 Å². The number of amides is 2. The topological polar surface area (TPSA) is 71.8 Å². The Morgan fingerprint density at radius 1 is 1.00 bits per heavy atom. The monoisotopic (exact) mass is 366 g/mol. The maximum absolute atomic E-state index is 12.7. The highest BCUT2D eigenvalue weighted by Crippen LogP contribution is 2.31. The summed E-state index contributed by atoms with van der Waals surface area (Å²) in [5, 5.41) is 3.82. The van der Waals surface area contributed by atoms with E-state index in [-0.39, 0.29) is 5.91 Å². The number of nitrogens with zero attached hydrogens (tertiary/aromatic N) is 1. The van der Waals surface area contributed by atoms with Crippen molar-refractivity contribution in [3.63, 3.8) is 0 Å². The van der Waals surface area contributed by atoms with E-state index in [0.717, 1.165) is 27.7 Å². The van der Waals surface area contributed by atoms with E-state index < -0.39 is 6.09 Å². The van der Waals surface area contributed by atoms with Gasteiger partial charge in [-0.2, -0.15) is 0 Å². The smallest absolute Gasteiger partial charge is 0.413 e. The summed E-state index contributed by atoms with van der Waals surface area (Å²) in [5.41, 5.74) is 4.90. The lowest BCUT2D eigenvalue weighted by Gasteiger charge is -2.15. The fourth-order valence-electron chi connectivity index (χ4n) is 3.09. The molecule has 1 N–H and O–H groups in total. The summed E-state index contributed by atoms with van der Waals surface area (Å²) in [6, 6.07) is 10.9. The fraction of sp³-hybridized carbons (Fsp3) is 0.238. The van der Waals surface area contributed by atoms with Crippen LogP contribution in [0.15, 0.2) is 40.8 Å². The molecule has 0 unspecified atom stereocenters. The molecule has 6 nitrogen and oxygen atoms in total. The second-order valence-corrected chi connectivity index (χ2v) is 6.49. The molecule has 0 fully saturated rings. The van der Waals surface area contributed by atoms with Gasteiger partial charge in [-0.1, -0.05) is 12.1 Å². The summed E-state index contributed by atoms with van der Waals surface area (Å²) in [6.45, 7) is 5.85. The summed E-state index contributed by atoms with van der Waals surface area (Å²) in [5.74, 6) is -0.00488. The van der Waals surface area contributed by atoms with Crippen molar-refractivity contribution in [2.75, 3.05) is 24.4 Å². The maximum Gasteiger partial charge on any atom is 0.413 e. The molecule has 0 saturated carbocycles. The van der Waals surface area contributed by atoms with Gasteiger partial charge in [0.15, 0.2) is 5.76 Å². The number of hydrogen-bond acceptors (Lipinski definition) is 4. The lowest BCUT2D eigenvalue weighted by atomic mass is 10.0. The van der Waals surface area contributed by atoms with Gasteiger partial charge in [0.1, 0.15) is 5.58 Å². The van der Waals surface area contributed by atoms with E-state index in [9.17, 15) is 9.59 Å². The van der Waals surface area contributed by atoms with E-state index in [1.165, 1.54) is 12.0 Å². The molecule has 140 valence electrons. The third-order valence-electron chi connectivity index (χ3n) is 4.65. The molecule has 0 spiro atoms. The molecule has 3 aromatic rings. The number of benzene rings is 2. The van der Waals surface area contributed by atoms with E-state index >= 15 is 0 Å². The first-order valence-electron chi connectivity index (χ1n) is 8.56. The molecule has 1 aromatic heterocycles. The Morgan fingerprint density at radius 3 is 2.22 bits per heavy atom. The zero-order valence-corrected chi connectivity index (χ0v) is 16.0. The highest BCUT2D eigenvalue weighted by molar-refractivity contribution is 6.07. The van der Waals surface area contributed by atoms with Crippen LogP contribution >= 0.6 is 0 Å². The van der Waals surface area contributed by atoms with Gasteiger partial charge >= 0.3 is 6.09 Å². The first-order chi connectivity index (χ1) is 12.8. The van der Waals surface area contributed by atoms with E-state index in [4.69, 9.17) is 4.42 Å². The molecular formula is C21H22N2O4. The number of nitrogens with one attached hydrogen (secondary N) is 1. The Bertz CT molecular complexity index is 1020. The molecule has 0 aliphatic heterocycles. The Labute approximate surface area is 157 Å². The van der Waals surface area contributed by atoms with Gasteiger partial charge < -0.3 is 14.5 Å². The molecule has 0 atom stereocenters. The maximum atomic E-state index is 12.7. The van der Waals surface area contributed by atoms with Crippen molar-refractivity contribution >= 4 is 34.3 Å². The van der Waals surface area contributed by atoms with E-state index in [0.29, 0.717) is 17.1 Å². The summed E-state index contributed by atoms with van der Waals surface area (Å²) in [4.78, 5) is 25.6. The van der Waals surface area contributed by atoms with Crippen LogP contribution in [0.1, 0.15) is 27.2 Å². The van der Waals surface area contributed by atoms with E-state index in [1.807, 2.05) is 32.9 Å². The molecule has 0 radical (unpaired) electrons. The molecule has 2 aromatic carbocycles. The standard InChI is InChI=1S/C21H22N2O4/c1-12-6-7-13(2)18-17(12)14(3)19(27-18)20(24)22-15-8-10-16(11-9-15)23(4)21(25)26-5/h6-11H,1-5H3,(H,22,24). The van der Waals surface area contributed by atoms with Gasteiger partial charge in [0.25, 0.3) is 5.91 Å². The SMILES string of the molecule is COC(=O)N(C)c1ccc(NC(=O)c2oc3c(C)ccc(C)c3c2C)cc1. The molecule has 0 aliphatic rings. The molecular weight excluding hydrogens is 344 g/mol. The zero-order chi connectivity index (χ0) is 19.7. The summed E-state index contributed by atoms with van der Waals surface area (Å²) in [6.07, 6.45) is -0.463. The minimum Gasteiger partial charge on any atom is -0.452 e. The highest BCUT2D eigenvalue weighted by Gasteiger charge is 2.20. The van der Waals surface area contributed by atoms with Gasteiger partial charge in [-0.15, -0.1) is 0 Å². The van der Waals surface area contributed by atoms with Gasteiger partial charge in [0, 0.05) is 29.4 Å².